The molecular weight excluding hydrogens is 361 g/mol. The van der Waals surface area contributed by atoms with E-state index in [2.05, 4.69) is 4.98 Å². The van der Waals surface area contributed by atoms with E-state index in [1.165, 1.54) is 23.5 Å². The van der Waals surface area contributed by atoms with Crippen molar-refractivity contribution in [1.29, 1.82) is 0 Å². The van der Waals surface area contributed by atoms with E-state index >= 15 is 0 Å². The molecule has 3 heterocycles. The standard InChI is InChI=1S/C21H20FN3OS/c1-14-20(27-13-23-14)21(26)25-11-3-4-16(12-25)19-6-2-5-18(24-19)15-7-9-17(22)10-8-15/h2,5-10,13,16H,3-4,11-12H2,1H3/t16-/m0/s1. The number of benzene rings is 1. The number of thiazole rings is 1. The van der Waals surface area contributed by atoms with Crippen molar-refractivity contribution in [3.05, 3.63) is 70.1 Å². The van der Waals surface area contributed by atoms with E-state index in [9.17, 15) is 9.18 Å². The van der Waals surface area contributed by atoms with E-state index in [0.29, 0.717) is 6.54 Å². The van der Waals surface area contributed by atoms with Gasteiger partial charge in [0.2, 0.25) is 0 Å². The summed E-state index contributed by atoms with van der Waals surface area (Å²) in [4.78, 5) is 24.5. The maximum absolute atomic E-state index is 13.2. The molecular formula is C21H20FN3OS. The second-order valence-electron chi connectivity index (χ2n) is 6.81. The molecule has 4 rings (SSSR count). The molecule has 27 heavy (non-hydrogen) atoms. The number of aromatic nitrogens is 2. The zero-order chi connectivity index (χ0) is 18.8. The third-order valence-corrected chi connectivity index (χ3v) is 5.89. The van der Waals surface area contributed by atoms with Crippen molar-refractivity contribution in [3.63, 3.8) is 0 Å². The molecule has 1 fully saturated rings. The highest BCUT2D eigenvalue weighted by molar-refractivity contribution is 7.11. The fourth-order valence-corrected chi connectivity index (χ4v) is 4.28. The van der Waals surface area contributed by atoms with Crippen LogP contribution in [0, 0.1) is 12.7 Å². The van der Waals surface area contributed by atoms with Crippen molar-refractivity contribution < 1.29 is 9.18 Å². The molecule has 1 aliphatic rings. The minimum absolute atomic E-state index is 0.0642. The molecule has 0 radical (unpaired) electrons. The summed E-state index contributed by atoms with van der Waals surface area (Å²) in [5.74, 6) is 0.0143. The van der Waals surface area contributed by atoms with Gasteiger partial charge < -0.3 is 4.90 Å². The molecule has 1 aliphatic heterocycles. The van der Waals surface area contributed by atoms with Crippen molar-refractivity contribution in [1.82, 2.24) is 14.9 Å². The Morgan fingerprint density at radius 3 is 2.78 bits per heavy atom. The lowest BCUT2D eigenvalue weighted by Crippen LogP contribution is -2.39. The smallest absolute Gasteiger partial charge is 0.265 e. The third kappa shape index (κ3) is 3.76. The molecule has 0 aliphatic carbocycles. The summed E-state index contributed by atoms with van der Waals surface area (Å²) in [5.41, 5.74) is 5.22. The van der Waals surface area contributed by atoms with Gasteiger partial charge in [-0.15, -0.1) is 11.3 Å². The first-order chi connectivity index (χ1) is 13.1. The highest BCUT2D eigenvalue weighted by Gasteiger charge is 2.28. The van der Waals surface area contributed by atoms with Gasteiger partial charge in [0, 0.05) is 30.3 Å². The average molecular weight is 381 g/mol. The van der Waals surface area contributed by atoms with Crippen LogP contribution in [0.4, 0.5) is 4.39 Å². The maximum atomic E-state index is 13.2. The number of hydrogen-bond acceptors (Lipinski definition) is 4. The number of hydrogen-bond donors (Lipinski definition) is 0. The minimum Gasteiger partial charge on any atom is -0.337 e. The van der Waals surface area contributed by atoms with Gasteiger partial charge in [0.15, 0.2) is 0 Å². The minimum atomic E-state index is -0.255. The number of halogens is 1. The first kappa shape index (κ1) is 17.8. The number of carbonyl (C=O) groups is 1. The predicted molar refractivity (Wildman–Crippen MR) is 104 cm³/mol. The van der Waals surface area contributed by atoms with Crippen LogP contribution in [0.3, 0.4) is 0 Å². The fraction of sp³-hybridized carbons (Fsp3) is 0.286. The highest BCUT2D eigenvalue weighted by atomic mass is 32.1. The van der Waals surface area contributed by atoms with Gasteiger partial charge in [0.05, 0.1) is 16.9 Å². The Morgan fingerprint density at radius 1 is 1.22 bits per heavy atom. The van der Waals surface area contributed by atoms with Crippen LogP contribution in [0.25, 0.3) is 11.3 Å². The number of nitrogens with zero attached hydrogens (tertiary/aromatic N) is 3. The van der Waals surface area contributed by atoms with E-state index < -0.39 is 0 Å². The van der Waals surface area contributed by atoms with Crippen LogP contribution in [0.15, 0.2) is 48.0 Å². The first-order valence-corrected chi connectivity index (χ1v) is 9.92. The van der Waals surface area contributed by atoms with E-state index in [-0.39, 0.29) is 17.6 Å². The summed E-state index contributed by atoms with van der Waals surface area (Å²) in [7, 11) is 0. The van der Waals surface area contributed by atoms with Crippen LogP contribution < -0.4 is 0 Å². The molecule has 0 unspecified atom stereocenters. The molecule has 0 bridgehead atoms. The number of likely N-dealkylation sites (tertiary alicyclic amines) is 1. The Bertz CT molecular complexity index is 954. The molecule has 1 atom stereocenters. The Labute approximate surface area is 161 Å². The third-order valence-electron chi connectivity index (χ3n) is 4.98. The van der Waals surface area contributed by atoms with Gasteiger partial charge in [-0.2, -0.15) is 0 Å². The summed E-state index contributed by atoms with van der Waals surface area (Å²) in [5, 5.41) is 0. The largest absolute Gasteiger partial charge is 0.337 e. The maximum Gasteiger partial charge on any atom is 0.265 e. The van der Waals surface area contributed by atoms with Gasteiger partial charge in [-0.05, 0) is 56.2 Å². The van der Waals surface area contributed by atoms with Crippen molar-refractivity contribution in [2.24, 2.45) is 0 Å². The topological polar surface area (TPSA) is 46.1 Å². The highest BCUT2D eigenvalue weighted by Crippen LogP contribution is 2.29. The summed E-state index contributed by atoms with van der Waals surface area (Å²) in [6, 6.07) is 12.3. The summed E-state index contributed by atoms with van der Waals surface area (Å²) in [6.45, 7) is 3.30. The Kier molecular flexibility index (Phi) is 4.99. The van der Waals surface area contributed by atoms with Crippen molar-refractivity contribution in [2.75, 3.05) is 13.1 Å². The SMILES string of the molecule is Cc1ncsc1C(=O)N1CCC[C@H](c2cccc(-c3ccc(F)cc3)n2)C1. The molecule has 138 valence electrons. The van der Waals surface area contributed by atoms with Crippen LogP contribution in [0.2, 0.25) is 0 Å². The van der Waals surface area contributed by atoms with Crippen molar-refractivity contribution in [2.45, 2.75) is 25.7 Å². The zero-order valence-electron chi connectivity index (χ0n) is 15.1. The molecule has 6 heteroatoms. The summed E-state index contributed by atoms with van der Waals surface area (Å²) >= 11 is 1.40. The van der Waals surface area contributed by atoms with Crippen LogP contribution in [-0.2, 0) is 0 Å². The molecule has 4 nitrogen and oxygen atoms in total. The van der Waals surface area contributed by atoms with Crippen LogP contribution in [-0.4, -0.2) is 33.9 Å². The first-order valence-electron chi connectivity index (χ1n) is 9.04. The Morgan fingerprint density at radius 2 is 2.04 bits per heavy atom. The second kappa shape index (κ2) is 7.56. The van der Waals surface area contributed by atoms with Crippen LogP contribution >= 0.6 is 11.3 Å². The number of rotatable bonds is 3. The fourth-order valence-electron chi connectivity index (χ4n) is 3.51. The monoisotopic (exact) mass is 381 g/mol. The van der Waals surface area contributed by atoms with E-state index in [0.717, 1.165) is 46.9 Å². The molecule has 2 aromatic heterocycles. The number of aryl methyl sites for hydroxylation is 1. The van der Waals surface area contributed by atoms with E-state index in [4.69, 9.17) is 4.98 Å². The van der Waals surface area contributed by atoms with Gasteiger partial charge >= 0.3 is 0 Å². The van der Waals surface area contributed by atoms with Crippen LogP contribution in [0.5, 0.6) is 0 Å². The zero-order valence-corrected chi connectivity index (χ0v) is 15.9. The Balaban J connectivity index is 1.55. The summed E-state index contributed by atoms with van der Waals surface area (Å²) in [6.07, 6.45) is 1.96. The lowest BCUT2D eigenvalue weighted by Gasteiger charge is -2.32. The second-order valence-corrected chi connectivity index (χ2v) is 7.67. The average Bonchev–Trinajstić information content (AvgIpc) is 3.14. The lowest BCUT2D eigenvalue weighted by atomic mass is 9.93. The number of pyridine rings is 1. The van der Waals surface area contributed by atoms with Crippen molar-refractivity contribution in [3.8, 4) is 11.3 Å². The van der Waals surface area contributed by atoms with Gasteiger partial charge in [-0.3, -0.25) is 9.78 Å². The van der Waals surface area contributed by atoms with Crippen LogP contribution in [0.1, 0.15) is 39.8 Å². The van der Waals surface area contributed by atoms with Gasteiger partial charge in [-0.1, -0.05) is 6.07 Å². The molecule has 0 spiro atoms. The molecule has 0 N–H and O–H groups in total. The Hall–Kier alpha value is -2.60. The molecule has 1 aromatic carbocycles. The normalized spacial score (nSPS) is 17.1. The molecule has 1 saturated heterocycles. The van der Waals surface area contributed by atoms with E-state index in [1.807, 2.05) is 30.0 Å². The number of amides is 1. The van der Waals surface area contributed by atoms with Crippen molar-refractivity contribution >= 4 is 17.2 Å². The predicted octanol–water partition coefficient (Wildman–Crippen LogP) is 4.67. The summed E-state index contributed by atoms with van der Waals surface area (Å²) < 4.78 is 13.2. The molecule has 3 aromatic rings. The number of piperidine rings is 1. The number of carbonyl (C=O) groups excluding carboxylic acids is 1. The molecule has 1 amide bonds. The quantitative estimate of drug-likeness (QED) is 0.662. The molecule has 0 saturated carbocycles. The van der Waals surface area contributed by atoms with E-state index in [1.54, 1.807) is 17.6 Å². The lowest BCUT2D eigenvalue weighted by molar-refractivity contribution is 0.0710. The van der Waals surface area contributed by atoms with Gasteiger partial charge in [0.1, 0.15) is 10.7 Å². The van der Waals surface area contributed by atoms with Gasteiger partial charge in [0.25, 0.3) is 5.91 Å². The van der Waals surface area contributed by atoms with Gasteiger partial charge in [-0.25, -0.2) is 9.37 Å².